The summed E-state index contributed by atoms with van der Waals surface area (Å²) in [5, 5.41) is 10.3. The molecule has 0 saturated heterocycles. The number of nitrogens with one attached hydrogen (secondary N) is 2. The van der Waals surface area contributed by atoms with E-state index in [0.717, 1.165) is 14.8 Å². The number of aromatic amines is 1. The second kappa shape index (κ2) is 6.50. The van der Waals surface area contributed by atoms with Gasteiger partial charge in [0.15, 0.2) is 0 Å². The zero-order valence-corrected chi connectivity index (χ0v) is 14.2. The third kappa shape index (κ3) is 3.31. The van der Waals surface area contributed by atoms with Gasteiger partial charge >= 0.3 is 0 Å². The lowest BCUT2D eigenvalue weighted by molar-refractivity contribution is 0.102. The number of rotatable bonds is 3. The average molecular weight is 424 g/mol. The Morgan fingerprint density at radius 3 is 2.82 bits per heavy atom. The van der Waals surface area contributed by atoms with Crippen LogP contribution in [0.2, 0.25) is 5.02 Å². The van der Waals surface area contributed by atoms with Crippen molar-refractivity contribution in [3.8, 4) is 11.3 Å². The summed E-state index contributed by atoms with van der Waals surface area (Å²) >= 11 is 8.08. The largest absolute Gasteiger partial charge is 0.322 e. The summed E-state index contributed by atoms with van der Waals surface area (Å²) in [5.74, 6) is -0.186. The number of anilines is 1. The third-order valence-corrected chi connectivity index (χ3v) is 4.28. The number of hydrogen-bond donors (Lipinski definition) is 2. The minimum atomic E-state index is -0.186. The van der Waals surface area contributed by atoms with Crippen molar-refractivity contribution < 1.29 is 4.79 Å². The average Bonchev–Trinajstić information content (AvgIpc) is 3.04. The first kappa shape index (κ1) is 15.1. The number of carbonyl (C=O) groups excluding carboxylic acids is 1. The Balaban J connectivity index is 1.85. The number of H-pyrrole nitrogens is 1. The quantitative estimate of drug-likeness (QED) is 0.606. The summed E-state index contributed by atoms with van der Waals surface area (Å²) in [6, 6.07) is 14.7. The normalized spacial score (nSPS) is 10.5. The topological polar surface area (TPSA) is 57.8 Å². The van der Waals surface area contributed by atoms with E-state index in [1.807, 2.05) is 36.4 Å². The number of aromatic nitrogens is 2. The van der Waals surface area contributed by atoms with Crippen LogP contribution in [0.4, 0.5) is 5.69 Å². The smallest absolute Gasteiger partial charge is 0.256 e. The molecule has 22 heavy (non-hydrogen) atoms. The number of hydrogen-bond acceptors (Lipinski definition) is 2. The lowest BCUT2D eigenvalue weighted by Gasteiger charge is -2.08. The molecule has 0 aliphatic carbocycles. The van der Waals surface area contributed by atoms with E-state index >= 15 is 0 Å². The van der Waals surface area contributed by atoms with Crippen LogP contribution in [-0.2, 0) is 0 Å². The summed E-state index contributed by atoms with van der Waals surface area (Å²) in [6.45, 7) is 0. The molecular weight excluding hydrogens is 413 g/mol. The maximum atomic E-state index is 12.4. The predicted octanol–water partition coefficient (Wildman–Crippen LogP) is 4.59. The monoisotopic (exact) mass is 423 g/mol. The minimum absolute atomic E-state index is 0.186. The van der Waals surface area contributed by atoms with E-state index < -0.39 is 0 Å². The highest BCUT2D eigenvalue weighted by molar-refractivity contribution is 14.1. The second-order valence-electron chi connectivity index (χ2n) is 4.63. The number of benzene rings is 2. The number of amides is 1. The van der Waals surface area contributed by atoms with Gasteiger partial charge in [-0.3, -0.25) is 9.89 Å². The highest BCUT2D eigenvalue weighted by atomic mass is 127. The van der Waals surface area contributed by atoms with Crippen molar-refractivity contribution in [3.05, 3.63) is 68.9 Å². The Bertz CT molecular complexity index is 818. The van der Waals surface area contributed by atoms with E-state index in [1.165, 1.54) is 0 Å². The lowest BCUT2D eigenvalue weighted by atomic mass is 10.1. The molecule has 0 saturated carbocycles. The van der Waals surface area contributed by atoms with Gasteiger partial charge in [-0.1, -0.05) is 23.7 Å². The van der Waals surface area contributed by atoms with Gasteiger partial charge in [-0.15, -0.1) is 0 Å². The molecule has 4 nitrogen and oxygen atoms in total. The molecule has 6 heteroatoms. The Hall–Kier alpha value is -1.86. The molecule has 1 amide bonds. The summed E-state index contributed by atoms with van der Waals surface area (Å²) in [6.07, 6.45) is 1.69. The Kier molecular flexibility index (Phi) is 4.44. The number of nitrogens with zero attached hydrogens (tertiary/aromatic N) is 1. The highest BCUT2D eigenvalue weighted by Crippen LogP contribution is 2.22. The summed E-state index contributed by atoms with van der Waals surface area (Å²) < 4.78 is 0.851. The Morgan fingerprint density at radius 2 is 2.05 bits per heavy atom. The fraction of sp³-hybridized carbons (Fsp3) is 0. The van der Waals surface area contributed by atoms with Crippen molar-refractivity contribution in [3.63, 3.8) is 0 Å². The van der Waals surface area contributed by atoms with Crippen molar-refractivity contribution in [2.75, 3.05) is 5.32 Å². The minimum Gasteiger partial charge on any atom is -0.322 e. The summed E-state index contributed by atoms with van der Waals surface area (Å²) in [7, 11) is 0. The molecule has 3 rings (SSSR count). The van der Waals surface area contributed by atoms with Crippen LogP contribution in [-0.4, -0.2) is 16.1 Å². The molecule has 1 heterocycles. The first-order chi connectivity index (χ1) is 10.6. The maximum absolute atomic E-state index is 12.4. The Morgan fingerprint density at radius 1 is 1.18 bits per heavy atom. The first-order valence-corrected chi connectivity index (χ1v) is 7.95. The molecule has 0 atom stereocenters. The molecular formula is C16H11ClIN3O. The molecule has 2 aromatic carbocycles. The molecule has 0 aliphatic rings. The van der Waals surface area contributed by atoms with E-state index in [0.29, 0.717) is 16.3 Å². The van der Waals surface area contributed by atoms with E-state index in [1.54, 1.807) is 18.3 Å². The SMILES string of the molecule is O=C(Nc1cccc(-c2ccn[nH]2)c1)c1cc(Cl)ccc1I. The molecule has 110 valence electrons. The molecule has 0 unspecified atom stereocenters. The summed E-state index contributed by atoms with van der Waals surface area (Å²) in [4.78, 5) is 12.4. The van der Waals surface area contributed by atoms with Crippen LogP contribution < -0.4 is 5.32 Å². The fourth-order valence-corrected chi connectivity index (χ4v) is 2.80. The van der Waals surface area contributed by atoms with Gasteiger partial charge in [0.25, 0.3) is 5.91 Å². The van der Waals surface area contributed by atoms with Crippen LogP contribution in [0, 0.1) is 3.57 Å². The van der Waals surface area contributed by atoms with Crippen molar-refractivity contribution in [2.24, 2.45) is 0 Å². The van der Waals surface area contributed by atoms with Gasteiger partial charge < -0.3 is 5.32 Å². The van der Waals surface area contributed by atoms with Gasteiger partial charge in [-0.05, 0) is 59.0 Å². The van der Waals surface area contributed by atoms with Crippen LogP contribution in [0.3, 0.4) is 0 Å². The molecule has 1 aromatic heterocycles. The van der Waals surface area contributed by atoms with Crippen LogP contribution in [0.25, 0.3) is 11.3 Å². The van der Waals surface area contributed by atoms with Gasteiger partial charge in [0.2, 0.25) is 0 Å². The van der Waals surface area contributed by atoms with Gasteiger partial charge in [0.1, 0.15) is 0 Å². The van der Waals surface area contributed by atoms with Crippen LogP contribution >= 0.6 is 34.2 Å². The molecule has 0 spiro atoms. The van der Waals surface area contributed by atoms with Crippen LogP contribution in [0.15, 0.2) is 54.7 Å². The van der Waals surface area contributed by atoms with Crippen molar-refractivity contribution >= 4 is 45.8 Å². The van der Waals surface area contributed by atoms with Crippen molar-refractivity contribution in [2.45, 2.75) is 0 Å². The predicted molar refractivity (Wildman–Crippen MR) is 96.1 cm³/mol. The van der Waals surface area contributed by atoms with Crippen molar-refractivity contribution in [1.82, 2.24) is 10.2 Å². The standard InChI is InChI=1S/C16H11ClIN3O/c17-11-4-5-14(18)13(9-11)16(22)20-12-3-1-2-10(8-12)15-6-7-19-21-15/h1-9H,(H,19,21)(H,20,22). The van der Waals surface area contributed by atoms with Crippen LogP contribution in [0.5, 0.6) is 0 Å². The fourth-order valence-electron chi connectivity index (χ4n) is 2.05. The molecule has 2 N–H and O–H groups in total. The molecule has 0 fully saturated rings. The van der Waals surface area contributed by atoms with E-state index in [-0.39, 0.29) is 5.91 Å². The van der Waals surface area contributed by atoms with E-state index in [9.17, 15) is 4.79 Å². The van der Waals surface area contributed by atoms with Gasteiger partial charge in [-0.2, -0.15) is 5.10 Å². The van der Waals surface area contributed by atoms with E-state index in [4.69, 9.17) is 11.6 Å². The van der Waals surface area contributed by atoms with Gasteiger partial charge in [0, 0.05) is 26.0 Å². The molecule has 0 bridgehead atoms. The molecule has 0 radical (unpaired) electrons. The molecule has 3 aromatic rings. The first-order valence-electron chi connectivity index (χ1n) is 6.50. The number of halogens is 2. The number of carbonyl (C=O) groups is 1. The zero-order valence-electron chi connectivity index (χ0n) is 11.3. The maximum Gasteiger partial charge on any atom is 0.256 e. The Labute approximate surface area is 146 Å². The third-order valence-electron chi connectivity index (χ3n) is 3.11. The van der Waals surface area contributed by atoms with Gasteiger partial charge in [0.05, 0.1) is 11.3 Å². The van der Waals surface area contributed by atoms with Crippen LogP contribution in [0.1, 0.15) is 10.4 Å². The molecule has 0 aliphatic heterocycles. The summed E-state index contributed by atoms with van der Waals surface area (Å²) in [5.41, 5.74) is 3.12. The second-order valence-corrected chi connectivity index (χ2v) is 6.23. The van der Waals surface area contributed by atoms with Gasteiger partial charge in [-0.25, -0.2) is 0 Å². The van der Waals surface area contributed by atoms with Crippen molar-refractivity contribution in [1.29, 1.82) is 0 Å². The zero-order chi connectivity index (χ0) is 15.5. The van der Waals surface area contributed by atoms with E-state index in [2.05, 4.69) is 38.1 Å². The highest BCUT2D eigenvalue weighted by Gasteiger charge is 2.11. The lowest BCUT2D eigenvalue weighted by Crippen LogP contribution is -2.13.